The molecule has 2 unspecified atom stereocenters. The number of ether oxygens (including phenoxy) is 10. The number of nitrogen functional groups attached to an aromatic ring is 1. The summed E-state index contributed by atoms with van der Waals surface area (Å²) < 4.78 is 57.8. The normalized spacial score (nSPS) is 20.1. The minimum Gasteiger partial charge on any atom is -0.481 e. The van der Waals surface area contributed by atoms with Crippen LogP contribution in [0.3, 0.4) is 0 Å². The maximum Gasteiger partial charge on any atom is 0.356 e. The number of nitrogens with one attached hydrogen (secondary N) is 1. The van der Waals surface area contributed by atoms with E-state index in [1.165, 1.54) is 14.2 Å². The number of carboxylic acids is 1. The molecule has 0 spiro atoms. The van der Waals surface area contributed by atoms with Gasteiger partial charge in [-0.25, -0.2) is 19.6 Å². The molecule has 0 amide bonds. The van der Waals surface area contributed by atoms with E-state index in [0.29, 0.717) is 174 Å². The summed E-state index contributed by atoms with van der Waals surface area (Å²) in [6.45, 7) is 14.4. The quantitative estimate of drug-likeness (QED) is 0.184. The van der Waals surface area contributed by atoms with E-state index in [2.05, 4.69) is 20.1 Å². The first-order chi connectivity index (χ1) is 35.0. The fourth-order valence-electron chi connectivity index (χ4n) is 8.28. The maximum absolute atomic E-state index is 13.9. The van der Waals surface area contributed by atoms with E-state index in [9.17, 15) is 19.5 Å². The number of hydrogen-bond acceptors (Lipinski definition) is 20. The number of nitrogens with zero attached hydrogens (tertiary/aromatic N) is 5. The highest BCUT2D eigenvalue weighted by molar-refractivity contribution is 5.87. The lowest BCUT2D eigenvalue weighted by atomic mass is 9.76. The number of aromatic nitrogens is 2. The van der Waals surface area contributed by atoms with Gasteiger partial charge in [0, 0.05) is 71.1 Å². The van der Waals surface area contributed by atoms with E-state index in [0.717, 1.165) is 11.3 Å². The molecule has 2 aromatic heterocycles. The Morgan fingerprint density at radius 2 is 1.14 bits per heavy atom. The Labute approximate surface area is 423 Å². The molecule has 1 aromatic carbocycles. The van der Waals surface area contributed by atoms with Gasteiger partial charge in [-0.15, -0.1) is 0 Å². The summed E-state index contributed by atoms with van der Waals surface area (Å²) in [4.78, 5) is 54.8. The van der Waals surface area contributed by atoms with E-state index < -0.39 is 29.4 Å². The molecule has 21 heteroatoms. The van der Waals surface area contributed by atoms with Crippen molar-refractivity contribution in [2.24, 2.45) is 0 Å². The number of carboxylic acid groups (broad SMARTS) is 1. The number of benzene rings is 1. The summed E-state index contributed by atoms with van der Waals surface area (Å²) in [6.07, 6.45) is 0. The third-order valence-electron chi connectivity index (χ3n) is 12.3. The minimum absolute atomic E-state index is 0.0790. The van der Waals surface area contributed by atoms with Crippen molar-refractivity contribution in [2.45, 2.75) is 31.8 Å². The van der Waals surface area contributed by atoms with Gasteiger partial charge >= 0.3 is 17.9 Å². The summed E-state index contributed by atoms with van der Waals surface area (Å²) in [5.41, 5.74) is 9.05. The van der Waals surface area contributed by atoms with Crippen LogP contribution in [0.15, 0.2) is 48.5 Å². The van der Waals surface area contributed by atoms with Gasteiger partial charge in [-0.2, -0.15) is 0 Å². The molecule has 72 heavy (non-hydrogen) atoms. The van der Waals surface area contributed by atoms with E-state index >= 15 is 0 Å². The Morgan fingerprint density at radius 3 is 1.65 bits per heavy atom. The van der Waals surface area contributed by atoms with Crippen LogP contribution in [-0.2, 0) is 64.1 Å². The number of hydrogen-bond donors (Lipinski definition) is 3. The molecule has 2 aliphatic heterocycles. The van der Waals surface area contributed by atoms with Crippen molar-refractivity contribution in [3.63, 3.8) is 0 Å². The Balaban J connectivity index is 1.39. The number of carbonyl (C=O) groups is 3. The number of carbonyl (C=O) groups excluding carboxylic acids is 2. The smallest absolute Gasteiger partial charge is 0.356 e. The molecule has 2 aliphatic rings. The van der Waals surface area contributed by atoms with Crippen molar-refractivity contribution in [2.75, 3.05) is 185 Å². The number of aryl methyl sites for hydroxylation is 1. The predicted molar refractivity (Wildman–Crippen MR) is 266 cm³/mol. The number of esters is 2. The SMILES string of the molecule is COC(=O)c1cccc(C(c2ccc(N)cc2C(C)(CN2CCOCCOCCNCCOCCOCC2)C(=O)O)N2CCOCCOCCN(Cc3nc(C(=O)OC)ccc3C)CCOCCOCC2)n1. The maximum atomic E-state index is 13.9. The monoisotopic (exact) mass is 1010 g/mol. The van der Waals surface area contributed by atoms with Gasteiger partial charge in [0.25, 0.3) is 0 Å². The molecule has 2 atom stereocenters. The fraction of sp³-hybridized carbons (Fsp3) is 0.627. The van der Waals surface area contributed by atoms with Crippen LogP contribution in [0.25, 0.3) is 0 Å². The summed E-state index contributed by atoms with van der Waals surface area (Å²) >= 11 is 0. The van der Waals surface area contributed by atoms with Crippen molar-refractivity contribution in [3.8, 4) is 0 Å². The number of methoxy groups -OCH3 is 2. The predicted octanol–water partition coefficient (Wildman–Crippen LogP) is 2.23. The second kappa shape index (κ2) is 32.4. The molecule has 5 rings (SSSR count). The van der Waals surface area contributed by atoms with Gasteiger partial charge in [0.1, 0.15) is 16.8 Å². The molecule has 2 fully saturated rings. The Hall–Kier alpha value is -4.75. The van der Waals surface area contributed by atoms with E-state index in [4.69, 9.17) is 58.1 Å². The molecule has 400 valence electrons. The summed E-state index contributed by atoms with van der Waals surface area (Å²) in [5.74, 6) is -2.17. The van der Waals surface area contributed by atoms with Crippen LogP contribution in [0.1, 0.15) is 62.0 Å². The summed E-state index contributed by atoms with van der Waals surface area (Å²) in [5, 5.41) is 14.6. The zero-order chi connectivity index (χ0) is 51.4. The molecule has 3 aromatic rings. The first kappa shape index (κ1) is 58.1. The molecule has 2 saturated heterocycles. The highest BCUT2D eigenvalue weighted by atomic mass is 16.5. The number of anilines is 1. The van der Waals surface area contributed by atoms with E-state index in [1.807, 2.05) is 30.0 Å². The first-order valence-electron chi connectivity index (χ1n) is 24.8. The number of rotatable bonds is 11. The van der Waals surface area contributed by atoms with Gasteiger partial charge in [-0.1, -0.05) is 18.2 Å². The van der Waals surface area contributed by atoms with Crippen molar-refractivity contribution in [1.82, 2.24) is 30.0 Å². The topological polar surface area (TPSA) is 237 Å². The van der Waals surface area contributed by atoms with Gasteiger partial charge in [0.15, 0.2) is 0 Å². The Morgan fingerprint density at radius 1 is 0.653 bits per heavy atom. The first-order valence-corrected chi connectivity index (χ1v) is 24.8. The number of nitrogens with two attached hydrogens (primary N) is 1. The number of pyridine rings is 2. The van der Waals surface area contributed by atoms with Gasteiger partial charge in [0.2, 0.25) is 0 Å². The van der Waals surface area contributed by atoms with Crippen LogP contribution in [-0.4, -0.2) is 227 Å². The van der Waals surface area contributed by atoms with Crippen LogP contribution in [0, 0.1) is 6.92 Å². The molecule has 4 heterocycles. The van der Waals surface area contributed by atoms with Crippen LogP contribution in [0.5, 0.6) is 0 Å². The van der Waals surface area contributed by atoms with Crippen molar-refractivity contribution < 1.29 is 66.9 Å². The molecular formula is C51H77N7O14. The zero-order valence-electron chi connectivity index (χ0n) is 42.6. The third-order valence-corrected chi connectivity index (χ3v) is 12.3. The van der Waals surface area contributed by atoms with Crippen LogP contribution >= 0.6 is 0 Å². The molecule has 0 radical (unpaired) electrons. The molecule has 0 bridgehead atoms. The van der Waals surface area contributed by atoms with Crippen molar-refractivity contribution in [1.29, 1.82) is 0 Å². The fourth-order valence-corrected chi connectivity index (χ4v) is 8.28. The lowest BCUT2D eigenvalue weighted by molar-refractivity contribution is -0.144. The molecule has 0 aliphatic carbocycles. The van der Waals surface area contributed by atoms with Gasteiger partial charge in [-0.3, -0.25) is 19.5 Å². The van der Waals surface area contributed by atoms with E-state index in [1.54, 1.807) is 37.3 Å². The largest absolute Gasteiger partial charge is 0.481 e. The van der Waals surface area contributed by atoms with Gasteiger partial charge in [0.05, 0.1) is 137 Å². The van der Waals surface area contributed by atoms with Crippen molar-refractivity contribution in [3.05, 3.63) is 88.0 Å². The highest BCUT2D eigenvalue weighted by Gasteiger charge is 2.41. The highest BCUT2D eigenvalue weighted by Crippen LogP contribution is 2.38. The summed E-state index contributed by atoms with van der Waals surface area (Å²) in [6, 6.07) is 13.3. The minimum atomic E-state index is -1.53. The standard InChI is InChI=1S/C51H77N7O14/c1-39-8-11-45(49(60)64-4)55-46(39)37-56-14-22-67-32-34-71-26-18-58(19-27-72-35-33-68-23-15-56)47(43-6-5-7-44(54-43)48(59)63-3)41-10-9-40(52)36-42(41)51(2,50(61)62)38-57-16-24-69-30-28-65-20-12-53-13-21-66-29-31-70-25-17-57/h5-11,36,47,53H,12-35,37-38,52H2,1-4H3,(H,61,62). The second-order valence-electron chi connectivity index (χ2n) is 17.5. The zero-order valence-corrected chi connectivity index (χ0v) is 42.6. The van der Waals surface area contributed by atoms with Gasteiger partial charge in [-0.05, 0) is 60.9 Å². The summed E-state index contributed by atoms with van der Waals surface area (Å²) in [7, 11) is 2.63. The van der Waals surface area contributed by atoms with Crippen LogP contribution < -0.4 is 11.1 Å². The van der Waals surface area contributed by atoms with Crippen molar-refractivity contribution >= 4 is 23.6 Å². The Kier molecular flexibility index (Phi) is 26.2. The lowest BCUT2D eigenvalue weighted by Gasteiger charge is -2.38. The van der Waals surface area contributed by atoms with Gasteiger partial charge < -0.3 is 63.5 Å². The number of aliphatic carboxylic acids is 1. The molecular weight excluding hydrogens is 935 g/mol. The average molecular weight is 1010 g/mol. The second-order valence-corrected chi connectivity index (χ2v) is 17.5. The van der Waals surface area contributed by atoms with Crippen LogP contribution in [0.2, 0.25) is 0 Å². The molecule has 0 saturated carbocycles. The molecule has 21 nitrogen and oxygen atoms in total. The average Bonchev–Trinajstić information content (AvgIpc) is 3.38. The third kappa shape index (κ3) is 19.3. The van der Waals surface area contributed by atoms with Crippen LogP contribution in [0.4, 0.5) is 5.69 Å². The van der Waals surface area contributed by atoms with E-state index in [-0.39, 0.29) is 31.1 Å². The molecule has 4 N–H and O–H groups in total. The lowest BCUT2D eigenvalue weighted by Crippen LogP contribution is -2.48. The Bertz CT molecular complexity index is 2050.